The van der Waals surface area contributed by atoms with Crippen LogP contribution in [0.1, 0.15) is 6.42 Å². The zero-order valence-corrected chi connectivity index (χ0v) is 11.4. The number of amides is 2. The largest absolute Gasteiger partial charge is 0.497 e. The van der Waals surface area contributed by atoms with Crippen molar-refractivity contribution >= 4 is 29.3 Å². The molecule has 0 spiro atoms. The lowest BCUT2D eigenvalue weighted by Crippen LogP contribution is -2.31. The van der Waals surface area contributed by atoms with Gasteiger partial charge in [-0.3, -0.25) is 9.59 Å². The highest BCUT2D eigenvalue weighted by molar-refractivity contribution is 8.00. The number of hydrogen-bond acceptors (Lipinski definition) is 5. The highest BCUT2D eigenvalue weighted by Gasteiger charge is 2.39. The molecule has 0 radical (unpaired) electrons. The number of carbonyl (C=O) groups excluding carboxylic acids is 2. The van der Waals surface area contributed by atoms with Gasteiger partial charge in [0.25, 0.3) is 0 Å². The average Bonchev–Trinajstić information content (AvgIpc) is 2.71. The molecule has 0 saturated carbocycles. The topological polar surface area (TPSA) is 66.8 Å². The summed E-state index contributed by atoms with van der Waals surface area (Å²) in [4.78, 5) is 25.3. The molecule has 19 heavy (non-hydrogen) atoms. The molecular weight excluding hydrogens is 266 g/mol. The molecule has 1 aliphatic rings. The Morgan fingerprint density at radius 1 is 1.47 bits per heavy atom. The number of rotatable bonds is 5. The minimum atomic E-state index is -0.397. The van der Waals surface area contributed by atoms with Gasteiger partial charge in [-0.2, -0.15) is 0 Å². The molecule has 0 aromatic heterocycles. The number of thioether (sulfide) groups is 1. The molecule has 1 fully saturated rings. The van der Waals surface area contributed by atoms with Gasteiger partial charge in [0.05, 0.1) is 24.7 Å². The summed E-state index contributed by atoms with van der Waals surface area (Å²) in [5, 5.41) is 8.39. The highest BCUT2D eigenvalue weighted by atomic mass is 32.2. The number of aliphatic hydroxyl groups is 1. The molecule has 6 heteroatoms. The van der Waals surface area contributed by atoms with Gasteiger partial charge in [0.1, 0.15) is 5.75 Å². The lowest BCUT2D eigenvalue weighted by molar-refractivity contribution is -0.121. The van der Waals surface area contributed by atoms with E-state index in [9.17, 15) is 9.59 Å². The van der Waals surface area contributed by atoms with E-state index in [0.29, 0.717) is 17.2 Å². The normalized spacial score (nSPS) is 19.1. The maximum Gasteiger partial charge on any atom is 0.247 e. The molecule has 1 atom stereocenters. The van der Waals surface area contributed by atoms with Crippen molar-refractivity contribution in [1.82, 2.24) is 0 Å². The first kappa shape index (κ1) is 13.9. The van der Waals surface area contributed by atoms with Gasteiger partial charge in [-0.25, -0.2) is 4.90 Å². The molecule has 1 aromatic carbocycles. The fourth-order valence-electron chi connectivity index (χ4n) is 1.95. The van der Waals surface area contributed by atoms with Crippen LogP contribution in [0.25, 0.3) is 0 Å². The van der Waals surface area contributed by atoms with E-state index in [1.807, 2.05) is 0 Å². The standard InChI is InChI=1S/C13H15NO4S/c1-18-10-4-2-3-9(7-10)14-12(16)8-11(13(14)17)19-6-5-15/h2-4,7,11,15H,5-6,8H2,1H3/t11-/m1/s1. The van der Waals surface area contributed by atoms with Gasteiger partial charge in [-0.05, 0) is 12.1 Å². The fourth-order valence-corrected chi connectivity index (χ4v) is 2.85. The molecule has 1 aliphatic heterocycles. The molecule has 5 nitrogen and oxygen atoms in total. The van der Waals surface area contributed by atoms with Gasteiger partial charge in [0.2, 0.25) is 11.8 Å². The molecule has 0 unspecified atom stereocenters. The number of methoxy groups -OCH3 is 1. The SMILES string of the molecule is COc1cccc(N2C(=O)C[C@@H](SCCO)C2=O)c1. The Morgan fingerprint density at radius 2 is 2.26 bits per heavy atom. The van der Waals surface area contributed by atoms with E-state index in [1.54, 1.807) is 24.3 Å². The zero-order valence-electron chi connectivity index (χ0n) is 10.5. The van der Waals surface area contributed by atoms with Crippen molar-refractivity contribution in [3.63, 3.8) is 0 Å². The first-order valence-electron chi connectivity index (χ1n) is 5.90. The van der Waals surface area contributed by atoms with Crippen LogP contribution in [-0.2, 0) is 9.59 Å². The Morgan fingerprint density at radius 3 is 2.95 bits per heavy atom. The van der Waals surface area contributed by atoms with E-state index < -0.39 is 5.25 Å². The van der Waals surface area contributed by atoms with Crippen LogP contribution in [0, 0.1) is 0 Å². The van der Waals surface area contributed by atoms with Crippen molar-refractivity contribution in [3.8, 4) is 5.75 Å². The molecule has 2 rings (SSSR count). The van der Waals surface area contributed by atoms with Crippen LogP contribution >= 0.6 is 11.8 Å². The third kappa shape index (κ3) is 2.90. The third-order valence-electron chi connectivity index (χ3n) is 2.83. The maximum absolute atomic E-state index is 12.2. The summed E-state index contributed by atoms with van der Waals surface area (Å²) in [5.74, 6) is 0.616. The van der Waals surface area contributed by atoms with Crippen LogP contribution in [0.5, 0.6) is 5.75 Å². The summed E-state index contributed by atoms with van der Waals surface area (Å²) in [6.45, 7) is 0.00178. The van der Waals surface area contributed by atoms with Crippen molar-refractivity contribution in [1.29, 1.82) is 0 Å². The Kier molecular flexibility index (Phi) is 4.44. The Bertz CT molecular complexity index is 491. The van der Waals surface area contributed by atoms with Crippen molar-refractivity contribution in [2.24, 2.45) is 0 Å². The van der Waals surface area contributed by atoms with Crippen LogP contribution in [0.3, 0.4) is 0 Å². The first-order valence-corrected chi connectivity index (χ1v) is 6.95. The minimum absolute atomic E-state index is 0.00178. The van der Waals surface area contributed by atoms with Crippen LogP contribution in [0.15, 0.2) is 24.3 Å². The average molecular weight is 281 g/mol. The number of aliphatic hydroxyl groups excluding tert-OH is 1. The van der Waals surface area contributed by atoms with Crippen molar-refractivity contribution in [3.05, 3.63) is 24.3 Å². The number of hydrogen-bond donors (Lipinski definition) is 1. The van der Waals surface area contributed by atoms with E-state index in [4.69, 9.17) is 9.84 Å². The van der Waals surface area contributed by atoms with Gasteiger partial charge in [-0.1, -0.05) is 6.07 Å². The summed E-state index contributed by atoms with van der Waals surface area (Å²) in [6.07, 6.45) is 0.181. The van der Waals surface area contributed by atoms with Crippen LogP contribution in [0.2, 0.25) is 0 Å². The van der Waals surface area contributed by atoms with E-state index in [1.165, 1.54) is 23.8 Å². The van der Waals surface area contributed by atoms with E-state index in [-0.39, 0.29) is 24.8 Å². The summed E-state index contributed by atoms with van der Waals surface area (Å²) in [6, 6.07) is 6.86. The molecule has 1 heterocycles. The quantitative estimate of drug-likeness (QED) is 0.817. The number of benzene rings is 1. The lowest BCUT2D eigenvalue weighted by atomic mass is 10.3. The third-order valence-corrected chi connectivity index (χ3v) is 4.02. The number of imide groups is 1. The Hall–Kier alpha value is -1.53. The zero-order chi connectivity index (χ0) is 13.8. The number of nitrogens with zero attached hydrogens (tertiary/aromatic N) is 1. The Labute approximate surface area is 115 Å². The van der Waals surface area contributed by atoms with Crippen LogP contribution < -0.4 is 9.64 Å². The summed E-state index contributed by atoms with van der Waals surface area (Å²) in [5.41, 5.74) is 0.529. The summed E-state index contributed by atoms with van der Waals surface area (Å²) < 4.78 is 5.09. The second kappa shape index (κ2) is 6.08. The van der Waals surface area contributed by atoms with Gasteiger partial charge in [0, 0.05) is 18.2 Å². The van der Waals surface area contributed by atoms with E-state index in [0.717, 1.165) is 0 Å². The van der Waals surface area contributed by atoms with Gasteiger partial charge in [0.15, 0.2) is 0 Å². The molecule has 1 aromatic rings. The molecule has 2 amide bonds. The predicted molar refractivity (Wildman–Crippen MR) is 73.4 cm³/mol. The second-order valence-electron chi connectivity index (χ2n) is 4.06. The fraction of sp³-hybridized carbons (Fsp3) is 0.385. The highest BCUT2D eigenvalue weighted by Crippen LogP contribution is 2.31. The van der Waals surface area contributed by atoms with Gasteiger partial charge >= 0.3 is 0 Å². The van der Waals surface area contributed by atoms with Gasteiger partial charge in [-0.15, -0.1) is 11.8 Å². The summed E-state index contributed by atoms with van der Waals surface area (Å²) >= 11 is 1.31. The van der Waals surface area contributed by atoms with E-state index in [2.05, 4.69) is 0 Å². The van der Waals surface area contributed by atoms with Gasteiger partial charge < -0.3 is 9.84 Å². The maximum atomic E-state index is 12.2. The predicted octanol–water partition coefficient (Wildman–Crippen LogP) is 1.05. The summed E-state index contributed by atoms with van der Waals surface area (Å²) in [7, 11) is 1.53. The molecular formula is C13H15NO4S. The number of ether oxygens (including phenoxy) is 1. The van der Waals surface area contributed by atoms with E-state index >= 15 is 0 Å². The minimum Gasteiger partial charge on any atom is -0.497 e. The Balaban J connectivity index is 2.19. The molecule has 0 bridgehead atoms. The molecule has 1 saturated heterocycles. The first-order chi connectivity index (χ1) is 9.17. The molecule has 102 valence electrons. The number of carbonyl (C=O) groups is 2. The number of anilines is 1. The van der Waals surface area contributed by atoms with Crippen molar-refractivity contribution in [2.45, 2.75) is 11.7 Å². The lowest BCUT2D eigenvalue weighted by Gasteiger charge is -2.15. The smallest absolute Gasteiger partial charge is 0.247 e. The monoisotopic (exact) mass is 281 g/mol. The van der Waals surface area contributed by atoms with Crippen LogP contribution in [0.4, 0.5) is 5.69 Å². The molecule has 0 aliphatic carbocycles. The van der Waals surface area contributed by atoms with Crippen LogP contribution in [-0.4, -0.2) is 41.6 Å². The molecule has 1 N–H and O–H groups in total. The second-order valence-corrected chi connectivity index (χ2v) is 5.37. The van der Waals surface area contributed by atoms with Crippen molar-refractivity contribution < 1.29 is 19.4 Å². The van der Waals surface area contributed by atoms with Crippen molar-refractivity contribution in [2.75, 3.05) is 24.4 Å².